The number of amidine groups is 1. The highest BCUT2D eigenvalue weighted by Gasteiger charge is 2.09. The van der Waals surface area contributed by atoms with Gasteiger partial charge in [0, 0.05) is 11.1 Å². The Labute approximate surface area is 121 Å². The van der Waals surface area contributed by atoms with Crippen LogP contribution in [0.4, 0.5) is 0 Å². The molecule has 0 aliphatic rings. The van der Waals surface area contributed by atoms with Crippen LogP contribution in [-0.4, -0.2) is 30.9 Å². The van der Waals surface area contributed by atoms with Gasteiger partial charge in [-0.25, -0.2) is 0 Å². The highest BCUT2D eigenvalue weighted by Crippen LogP contribution is 2.23. The number of halogens is 1. The number of unbranched alkanes of at least 4 members (excludes halogenated alkanes) is 1. The Bertz CT molecular complexity index is 424. The summed E-state index contributed by atoms with van der Waals surface area (Å²) < 4.78 is 11.8. The summed E-state index contributed by atoms with van der Waals surface area (Å²) in [5.74, 6) is 0.584. The first-order valence-electron chi connectivity index (χ1n) is 6.17. The van der Waals surface area contributed by atoms with Gasteiger partial charge in [0.05, 0.1) is 12.2 Å². The summed E-state index contributed by atoms with van der Waals surface area (Å²) in [5.41, 5.74) is 6.15. The minimum absolute atomic E-state index is 0.0169. The largest absolute Gasteiger partial charge is 0.490 e. The lowest BCUT2D eigenvalue weighted by atomic mass is 10.2. The molecule has 0 radical (unpaired) electrons. The Morgan fingerprint density at radius 3 is 2.84 bits per heavy atom. The Kier molecular flexibility index (Phi) is 7.28. The molecule has 0 aromatic heterocycles. The van der Waals surface area contributed by atoms with Crippen molar-refractivity contribution in [1.29, 1.82) is 0 Å². The number of nitrogens with zero attached hydrogens (tertiary/aromatic N) is 1. The fraction of sp³-hybridized carbons (Fsp3) is 0.462. The van der Waals surface area contributed by atoms with Crippen LogP contribution in [0.2, 0.25) is 0 Å². The lowest BCUT2D eigenvalue weighted by molar-refractivity contribution is 0.0980. The fourth-order valence-electron chi connectivity index (χ4n) is 1.44. The van der Waals surface area contributed by atoms with Crippen molar-refractivity contribution < 1.29 is 14.7 Å². The van der Waals surface area contributed by atoms with Gasteiger partial charge in [0.2, 0.25) is 0 Å². The first-order chi connectivity index (χ1) is 9.19. The SMILES string of the molecule is CCCCOCCOc1ccc(Br)cc1/C(N)=N/O. The first kappa shape index (κ1) is 15.8. The van der Waals surface area contributed by atoms with Crippen molar-refractivity contribution in [3.05, 3.63) is 28.2 Å². The van der Waals surface area contributed by atoms with Crippen LogP contribution < -0.4 is 10.5 Å². The van der Waals surface area contributed by atoms with E-state index in [0.29, 0.717) is 24.5 Å². The van der Waals surface area contributed by atoms with Crippen LogP contribution in [-0.2, 0) is 4.74 Å². The number of oxime groups is 1. The zero-order valence-corrected chi connectivity index (χ0v) is 12.5. The number of benzene rings is 1. The van der Waals surface area contributed by atoms with E-state index in [9.17, 15) is 0 Å². The van der Waals surface area contributed by atoms with E-state index >= 15 is 0 Å². The number of hydrogen-bond donors (Lipinski definition) is 2. The predicted molar refractivity (Wildman–Crippen MR) is 77.9 cm³/mol. The molecule has 6 heteroatoms. The van der Waals surface area contributed by atoms with E-state index in [1.165, 1.54) is 0 Å². The van der Waals surface area contributed by atoms with Gasteiger partial charge in [0.1, 0.15) is 12.4 Å². The van der Waals surface area contributed by atoms with E-state index in [4.69, 9.17) is 20.4 Å². The van der Waals surface area contributed by atoms with E-state index in [-0.39, 0.29) is 5.84 Å². The van der Waals surface area contributed by atoms with Crippen molar-refractivity contribution in [3.8, 4) is 5.75 Å². The van der Waals surface area contributed by atoms with Crippen molar-refractivity contribution in [2.75, 3.05) is 19.8 Å². The van der Waals surface area contributed by atoms with Crippen LogP contribution in [0.25, 0.3) is 0 Å². The van der Waals surface area contributed by atoms with Crippen molar-refractivity contribution in [3.63, 3.8) is 0 Å². The topological polar surface area (TPSA) is 77.1 Å². The molecular formula is C13H19BrN2O3. The highest BCUT2D eigenvalue weighted by molar-refractivity contribution is 9.10. The van der Waals surface area contributed by atoms with Gasteiger partial charge in [-0.3, -0.25) is 0 Å². The maximum absolute atomic E-state index is 8.74. The summed E-state index contributed by atoms with van der Waals surface area (Å²) in [6.07, 6.45) is 2.16. The van der Waals surface area contributed by atoms with Crippen molar-refractivity contribution in [1.82, 2.24) is 0 Å². The van der Waals surface area contributed by atoms with Gasteiger partial charge in [0.15, 0.2) is 5.84 Å². The molecule has 0 unspecified atom stereocenters. The second kappa shape index (κ2) is 8.77. The summed E-state index contributed by atoms with van der Waals surface area (Å²) in [5, 5.41) is 11.7. The summed E-state index contributed by atoms with van der Waals surface area (Å²) in [6.45, 7) is 3.81. The molecule has 0 atom stereocenters. The van der Waals surface area contributed by atoms with Gasteiger partial charge < -0.3 is 20.4 Å². The zero-order chi connectivity index (χ0) is 14.1. The molecule has 5 nitrogen and oxygen atoms in total. The molecule has 1 aromatic rings. The molecule has 1 aromatic carbocycles. The molecule has 0 aliphatic heterocycles. The highest BCUT2D eigenvalue weighted by atomic mass is 79.9. The first-order valence-corrected chi connectivity index (χ1v) is 6.96. The van der Waals surface area contributed by atoms with Crippen LogP contribution >= 0.6 is 15.9 Å². The molecule has 0 bridgehead atoms. The molecule has 0 heterocycles. The second-order valence-electron chi connectivity index (χ2n) is 3.94. The van der Waals surface area contributed by atoms with Crippen LogP contribution in [0.3, 0.4) is 0 Å². The maximum Gasteiger partial charge on any atom is 0.173 e. The summed E-state index contributed by atoms with van der Waals surface area (Å²) in [6, 6.07) is 5.34. The molecule has 0 fully saturated rings. The molecule has 3 N–H and O–H groups in total. The molecule has 0 saturated carbocycles. The van der Waals surface area contributed by atoms with E-state index in [0.717, 1.165) is 23.9 Å². The summed E-state index contributed by atoms with van der Waals surface area (Å²) in [4.78, 5) is 0. The monoisotopic (exact) mass is 330 g/mol. The predicted octanol–water partition coefficient (Wildman–Crippen LogP) is 2.74. The van der Waals surface area contributed by atoms with E-state index in [2.05, 4.69) is 28.0 Å². The molecule has 19 heavy (non-hydrogen) atoms. The smallest absolute Gasteiger partial charge is 0.173 e. The molecule has 1 rings (SSSR count). The molecule has 0 saturated heterocycles. The number of rotatable bonds is 8. The molecule has 0 amide bonds. The quantitative estimate of drug-likeness (QED) is 0.252. The van der Waals surface area contributed by atoms with Crippen LogP contribution in [0, 0.1) is 0 Å². The lowest BCUT2D eigenvalue weighted by Crippen LogP contribution is -2.16. The molecular weight excluding hydrogens is 312 g/mol. The van der Waals surface area contributed by atoms with Crippen LogP contribution in [0.15, 0.2) is 27.8 Å². The third-order valence-corrected chi connectivity index (χ3v) is 2.95. The van der Waals surface area contributed by atoms with Crippen molar-refractivity contribution >= 4 is 21.8 Å². The number of nitrogens with two attached hydrogens (primary N) is 1. The van der Waals surface area contributed by atoms with Gasteiger partial charge in [-0.2, -0.15) is 0 Å². The Balaban J connectivity index is 2.53. The minimum Gasteiger partial charge on any atom is -0.490 e. The molecule has 0 aliphatic carbocycles. The third kappa shape index (κ3) is 5.48. The van der Waals surface area contributed by atoms with Crippen molar-refractivity contribution in [2.45, 2.75) is 19.8 Å². The van der Waals surface area contributed by atoms with Gasteiger partial charge in [-0.15, -0.1) is 0 Å². The summed E-state index contributed by atoms with van der Waals surface area (Å²) in [7, 11) is 0. The molecule has 106 valence electrons. The van der Waals surface area contributed by atoms with Gasteiger partial charge in [-0.1, -0.05) is 34.4 Å². The van der Waals surface area contributed by atoms with Crippen molar-refractivity contribution in [2.24, 2.45) is 10.9 Å². The average molecular weight is 331 g/mol. The second-order valence-corrected chi connectivity index (χ2v) is 4.86. The van der Waals surface area contributed by atoms with E-state index in [1.54, 1.807) is 12.1 Å². The summed E-state index contributed by atoms with van der Waals surface area (Å²) >= 11 is 3.33. The molecule has 0 spiro atoms. The maximum atomic E-state index is 8.74. The van der Waals surface area contributed by atoms with Crippen LogP contribution in [0.5, 0.6) is 5.75 Å². The third-order valence-electron chi connectivity index (χ3n) is 2.45. The van der Waals surface area contributed by atoms with Gasteiger partial charge in [-0.05, 0) is 24.6 Å². The average Bonchev–Trinajstić information content (AvgIpc) is 2.43. The van der Waals surface area contributed by atoms with E-state index < -0.39 is 0 Å². The Hall–Kier alpha value is -1.27. The standard InChI is InChI=1S/C13H19BrN2O3/c1-2-3-6-18-7-8-19-12-5-4-10(14)9-11(12)13(15)16-17/h4-5,9,17H,2-3,6-8H2,1H3,(H2,15,16). The van der Waals surface area contributed by atoms with E-state index in [1.807, 2.05) is 6.07 Å². The fourth-order valence-corrected chi connectivity index (χ4v) is 1.80. The lowest BCUT2D eigenvalue weighted by Gasteiger charge is -2.11. The Morgan fingerprint density at radius 2 is 2.16 bits per heavy atom. The zero-order valence-electron chi connectivity index (χ0n) is 10.9. The Morgan fingerprint density at radius 1 is 1.37 bits per heavy atom. The van der Waals surface area contributed by atoms with Gasteiger partial charge >= 0.3 is 0 Å². The normalized spacial score (nSPS) is 11.6. The number of ether oxygens (including phenoxy) is 2. The number of hydrogen-bond acceptors (Lipinski definition) is 4. The van der Waals surface area contributed by atoms with Crippen LogP contribution in [0.1, 0.15) is 25.3 Å². The minimum atomic E-state index is 0.0169. The van der Waals surface area contributed by atoms with Gasteiger partial charge in [0.25, 0.3) is 0 Å².